The molecule has 3 aromatic rings. The van der Waals surface area contributed by atoms with Crippen LogP contribution in [0.1, 0.15) is 21.4 Å². The van der Waals surface area contributed by atoms with Gasteiger partial charge in [-0.25, -0.2) is 9.97 Å². The van der Waals surface area contributed by atoms with E-state index in [1.807, 2.05) is 32.2 Å². The van der Waals surface area contributed by atoms with E-state index in [4.69, 9.17) is 9.15 Å². The zero-order valence-corrected chi connectivity index (χ0v) is 15.2. The first-order valence-corrected chi connectivity index (χ1v) is 8.73. The van der Waals surface area contributed by atoms with E-state index in [9.17, 15) is 4.79 Å². The first-order chi connectivity index (χ1) is 12.1. The molecule has 0 spiro atoms. The second kappa shape index (κ2) is 7.62. The van der Waals surface area contributed by atoms with Gasteiger partial charge in [-0.2, -0.15) is 0 Å². The Morgan fingerprint density at radius 1 is 1.40 bits per heavy atom. The van der Waals surface area contributed by atoms with E-state index in [0.717, 1.165) is 15.2 Å². The minimum absolute atomic E-state index is 0.155. The van der Waals surface area contributed by atoms with Crippen LogP contribution in [0.15, 0.2) is 28.9 Å². The van der Waals surface area contributed by atoms with Crippen molar-refractivity contribution in [3.63, 3.8) is 0 Å². The fourth-order valence-corrected chi connectivity index (χ4v) is 3.12. The lowest BCUT2D eigenvalue weighted by atomic mass is 10.3. The molecule has 0 aliphatic heterocycles. The van der Waals surface area contributed by atoms with E-state index in [1.165, 1.54) is 6.26 Å². The van der Waals surface area contributed by atoms with Gasteiger partial charge < -0.3 is 19.4 Å². The summed E-state index contributed by atoms with van der Waals surface area (Å²) in [6, 6.07) is 5.76. The normalized spacial score (nSPS) is 11.0. The fourth-order valence-electron chi connectivity index (χ4n) is 2.31. The molecule has 0 atom stereocenters. The Morgan fingerprint density at radius 3 is 3.04 bits per heavy atom. The molecule has 7 nitrogen and oxygen atoms in total. The maximum Gasteiger partial charge on any atom is 0.275 e. The van der Waals surface area contributed by atoms with Crippen LogP contribution in [-0.2, 0) is 6.61 Å². The summed E-state index contributed by atoms with van der Waals surface area (Å²) in [6.07, 6.45) is 1.36. The van der Waals surface area contributed by atoms with Gasteiger partial charge in [0.15, 0.2) is 12.3 Å². The zero-order chi connectivity index (χ0) is 17.8. The molecule has 0 saturated carbocycles. The molecule has 0 radical (unpaired) electrons. The first kappa shape index (κ1) is 17.4. The topological polar surface area (TPSA) is 80.5 Å². The highest BCUT2D eigenvalue weighted by molar-refractivity contribution is 7.18. The van der Waals surface area contributed by atoms with Crippen LogP contribution in [0.25, 0.3) is 10.2 Å². The van der Waals surface area contributed by atoms with Crippen molar-refractivity contribution in [2.45, 2.75) is 13.5 Å². The quantitative estimate of drug-likeness (QED) is 0.697. The lowest BCUT2D eigenvalue weighted by Crippen LogP contribution is -2.33. The van der Waals surface area contributed by atoms with Gasteiger partial charge in [-0.1, -0.05) is 0 Å². The van der Waals surface area contributed by atoms with Crippen molar-refractivity contribution in [3.8, 4) is 5.75 Å². The Morgan fingerprint density at radius 2 is 2.24 bits per heavy atom. The van der Waals surface area contributed by atoms with Gasteiger partial charge in [0.05, 0.1) is 15.2 Å². The number of amides is 1. The summed E-state index contributed by atoms with van der Waals surface area (Å²) >= 11 is 1.65. The molecule has 1 amide bonds. The Kier molecular flexibility index (Phi) is 5.30. The number of aromatic nitrogens is 2. The number of benzene rings is 1. The molecule has 0 saturated heterocycles. The minimum atomic E-state index is -0.176. The second-order valence-corrected chi connectivity index (χ2v) is 6.84. The van der Waals surface area contributed by atoms with Crippen LogP contribution in [0, 0.1) is 6.92 Å². The third kappa shape index (κ3) is 4.15. The molecule has 0 aliphatic carbocycles. The summed E-state index contributed by atoms with van der Waals surface area (Å²) in [6.45, 7) is 3.45. The molecule has 8 heteroatoms. The predicted molar refractivity (Wildman–Crippen MR) is 96.1 cm³/mol. The van der Waals surface area contributed by atoms with E-state index in [2.05, 4.69) is 15.3 Å². The summed E-state index contributed by atoms with van der Waals surface area (Å²) in [5, 5.41) is 4.02. The van der Waals surface area contributed by atoms with Gasteiger partial charge in [-0.3, -0.25) is 4.79 Å². The molecule has 1 N–H and O–H groups in total. The van der Waals surface area contributed by atoms with Crippen LogP contribution in [0.2, 0.25) is 0 Å². The Labute approximate surface area is 149 Å². The largest absolute Gasteiger partial charge is 0.484 e. The van der Waals surface area contributed by atoms with Crippen molar-refractivity contribution < 1.29 is 13.9 Å². The summed E-state index contributed by atoms with van der Waals surface area (Å²) < 4.78 is 12.2. The summed E-state index contributed by atoms with van der Waals surface area (Å²) in [4.78, 5) is 22.5. The highest BCUT2D eigenvalue weighted by atomic mass is 32.1. The number of fused-ring (bicyclic) bond motifs is 1. The molecule has 0 aliphatic rings. The average molecular weight is 360 g/mol. The summed E-state index contributed by atoms with van der Waals surface area (Å²) in [5.41, 5.74) is 1.19. The maximum absolute atomic E-state index is 12.2. The molecule has 0 fully saturated rings. The number of nitrogens with zero attached hydrogens (tertiary/aromatic N) is 3. The van der Waals surface area contributed by atoms with Crippen molar-refractivity contribution in [3.05, 3.63) is 41.1 Å². The number of aryl methyl sites for hydroxylation is 1. The minimum Gasteiger partial charge on any atom is -0.484 e. The molecule has 25 heavy (non-hydrogen) atoms. The van der Waals surface area contributed by atoms with Crippen molar-refractivity contribution in [2.24, 2.45) is 0 Å². The highest BCUT2D eigenvalue weighted by Crippen LogP contribution is 2.25. The van der Waals surface area contributed by atoms with Gasteiger partial charge in [0.25, 0.3) is 5.91 Å². The number of carbonyl (C=O) groups is 1. The first-order valence-electron chi connectivity index (χ1n) is 7.91. The van der Waals surface area contributed by atoms with E-state index in [0.29, 0.717) is 24.7 Å². The number of ether oxygens (including phenoxy) is 1. The monoisotopic (exact) mass is 360 g/mol. The van der Waals surface area contributed by atoms with Crippen molar-refractivity contribution in [1.82, 2.24) is 20.2 Å². The second-order valence-electron chi connectivity index (χ2n) is 5.61. The van der Waals surface area contributed by atoms with Crippen molar-refractivity contribution in [1.29, 1.82) is 0 Å². The Hall–Kier alpha value is -2.45. The van der Waals surface area contributed by atoms with Gasteiger partial charge in [0.2, 0.25) is 5.89 Å². The molecule has 2 aromatic heterocycles. The predicted octanol–water partition coefficient (Wildman–Crippen LogP) is 2.46. The number of oxazole rings is 1. The lowest BCUT2D eigenvalue weighted by Gasteiger charge is -2.14. The highest BCUT2D eigenvalue weighted by Gasteiger charge is 2.16. The van der Waals surface area contributed by atoms with Crippen LogP contribution < -0.4 is 10.1 Å². The number of hydrogen-bond acceptors (Lipinski definition) is 7. The Bertz CT molecular complexity index is 874. The van der Waals surface area contributed by atoms with Crippen molar-refractivity contribution >= 4 is 27.5 Å². The number of likely N-dealkylation sites (N-methyl/N-ethyl adjacent to an activating group) is 2. The van der Waals surface area contributed by atoms with Gasteiger partial charge in [-0.05, 0) is 26.1 Å². The smallest absolute Gasteiger partial charge is 0.275 e. The molecule has 3 rings (SSSR count). The Balaban J connectivity index is 1.61. The number of rotatable bonds is 7. The van der Waals surface area contributed by atoms with Gasteiger partial charge in [0.1, 0.15) is 12.0 Å². The fraction of sp³-hybridized carbons (Fsp3) is 0.353. The van der Waals surface area contributed by atoms with Crippen LogP contribution in [0.5, 0.6) is 5.75 Å². The van der Waals surface area contributed by atoms with E-state index < -0.39 is 0 Å². The number of hydrogen-bond donors (Lipinski definition) is 1. The molecular weight excluding hydrogens is 340 g/mol. The molecule has 132 valence electrons. The molecule has 1 aromatic carbocycles. The SMILES string of the molecule is CNCCN(C)C(=O)c1coc(COc2ccc3sc(C)nc3c2)n1. The third-order valence-corrected chi connectivity index (χ3v) is 4.59. The van der Waals surface area contributed by atoms with Crippen LogP contribution in [-0.4, -0.2) is 48.0 Å². The van der Waals surface area contributed by atoms with E-state index in [1.54, 1.807) is 23.3 Å². The van der Waals surface area contributed by atoms with Gasteiger partial charge >= 0.3 is 0 Å². The summed E-state index contributed by atoms with van der Waals surface area (Å²) in [7, 11) is 3.57. The molecule has 0 bridgehead atoms. The van der Waals surface area contributed by atoms with Crippen molar-refractivity contribution in [2.75, 3.05) is 27.2 Å². The number of carbonyl (C=O) groups excluding carboxylic acids is 1. The lowest BCUT2D eigenvalue weighted by molar-refractivity contribution is 0.0791. The zero-order valence-electron chi connectivity index (χ0n) is 14.4. The maximum atomic E-state index is 12.2. The number of nitrogens with one attached hydrogen (secondary N) is 1. The third-order valence-electron chi connectivity index (χ3n) is 3.64. The molecular formula is C17H20N4O3S. The molecule has 2 heterocycles. The standard InChI is InChI=1S/C17H20N4O3S/c1-11-19-13-8-12(4-5-15(13)25-11)23-10-16-20-14(9-24-16)17(22)21(3)7-6-18-2/h4-5,8-9,18H,6-7,10H2,1-3H3. The molecule has 0 unspecified atom stereocenters. The average Bonchev–Trinajstić information content (AvgIpc) is 3.22. The van der Waals surface area contributed by atoms with Gasteiger partial charge in [-0.15, -0.1) is 11.3 Å². The van der Waals surface area contributed by atoms with Gasteiger partial charge in [0, 0.05) is 26.2 Å². The van der Waals surface area contributed by atoms with Crippen LogP contribution in [0.3, 0.4) is 0 Å². The van der Waals surface area contributed by atoms with E-state index >= 15 is 0 Å². The summed E-state index contributed by atoms with van der Waals surface area (Å²) in [5.74, 6) is 0.875. The van der Waals surface area contributed by atoms with Crippen LogP contribution in [0.4, 0.5) is 0 Å². The number of thiazole rings is 1. The van der Waals surface area contributed by atoms with Crippen LogP contribution >= 0.6 is 11.3 Å². The van der Waals surface area contributed by atoms with E-state index in [-0.39, 0.29) is 18.2 Å².